The number of nitrogens with one attached hydrogen (secondary N) is 1. The van der Waals surface area contributed by atoms with Crippen LogP contribution in [0.1, 0.15) is 18.1 Å². The van der Waals surface area contributed by atoms with Crippen LogP contribution in [0.5, 0.6) is 0 Å². The molecule has 0 saturated carbocycles. The lowest BCUT2D eigenvalue weighted by atomic mass is 9.98. The SMILES string of the molecule is CCNCc1ccc(C)c(-c2ccc(N(C)C)cc2)c1. The Morgan fingerprint density at radius 2 is 1.70 bits per heavy atom. The molecule has 106 valence electrons. The third kappa shape index (κ3) is 3.40. The summed E-state index contributed by atoms with van der Waals surface area (Å²) in [6.45, 7) is 6.24. The molecule has 0 aromatic heterocycles. The molecule has 2 aromatic rings. The summed E-state index contributed by atoms with van der Waals surface area (Å²) in [6, 6.07) is 15.5. The van der Waals surface area contributed by atoms with Gasteiger partial charge in [0.25, 0.3) is 0 Å². The highest BCUT2D eigenvalue weighted by Gasteiger charge is 2.04. The molecule has 0 unspecified atom stereocenters. The molecule has 0 heterocycles. The van der Waals surface area contributed by atoms with Crippen molar-refractivity contribution < 1.29 is 0 Å². The van der Waals surface area contributed by atoms with Crippen LogP contribution in [0.2, 0.25) is 0 Å². The number of hydrogen-bond donors (Lipinski definition) is 1. The van der Waals surface area contributed by atoms with E-state index in [4.69, 9.17) is 0 Å². The minimum Gasteiger partial charge on any atom is -0.378 e. The number of aryl methyl sites for hydroxylation is 1. The van der Waals surface area contributed by atoms with E-state index in [9.17, 15) is 0 Å². The lowest BCUT2D eigenvalue weighted by molar-refractivity contribution is 0.727. The van der Waals surface area contributed by atoms with Crippen molar-refractivity contribution in [3.05, 3.63) is 53.6 Å². The van der Waals surface area contributed by atoms with Crippen molar-refractivity contribution >= 4 is 5.69 Å². The van der Waals surface area contributed by atoms with Gasteiger partial charge in [-0.1, -0.05) is 31.2 Å². The molecule has 0 aliphatic carbocycles. The number of rotatable bonds is 5. The van der Waals surface area contributed by atoms with Crippen LogP contribution in [0.3, 0.4) is 0 Å². The fourth-order valence-electron chi connectivity index (χ4n) is 2.30. The standard InChI is InChI=1S/C18H24N2/c1-5-19-13-15-7-6-14(2)18(12-15)16-8-10-17(11-9-16)20(3)4/h6-12,19H,5,13H2,1-4H3. The minimum absolute atomic E-state index is 0.930. The van der Waals surface area contributed by atoms with Crippen LogP contribution in [0.15, 0.2) is 42.5 Å². The summed E-state index contributed by atoms with van der Waals surface area (Å²) in [5.41, 5.74) is 6.50. The molecule has 2 nitrogen and oxygen atoms in total. The maximum Gasteiger partial charge on any atom is 0.0361 e. The topological polar surface area (TPSA) is 15.3 Å². The van der Waals surface area contributed by atoms with E-state index in [2.05, 4.69) is 80.6 Å². The smallest absolute Gasteiger partial charge is 0.0361 e. The van der Waals surface area contributed by atoms with E-state index in [0.717, 1.165) is 13.1 Å². The zero-order valence-corrected chi connectivity index (χ0v) is 12.9. The molecule has 0 aliphatic rings. The van der Waals surface area contributed by atoms with Gasteiger partial charge in [0.2, 0.25) is 0 Å². The van der Waals surface area contributed by atoms with Gasteiger partial charge in [0.1, 0.15) is 0 Å². The summed E-state index contributed by atoms with van der Waals surface area (Å²) >= 11 is 0. The van der Waals surface area contributed by atoms with E-state index in [1.54, 1.807) is 0 Å². The van der Waals surface area contributed by atoms with Crippen LogP contribution < -0.4 is 10.2 Å². The predicted molar refractivity (Wildman–Crippen MR) is 88.3 cm³/mol. The Kier molecular flexibility index (Phi) is 4.80. The third-order valence-corrected chi connectivity index (χ3v) is 3.58. The van der Waals surface area contributed by atoms with Gasteiger partial charge in [0.05, 0.1) is 0 Å². The largest absolute Gasteiger partial charge is 0.378 e. The monoisotopic (exact) mass is 268 g/mol. The lowest BCUT2D eigenvalue weighted by Gasteiger charge is -2.14. The number of anilines is 1. The van der Waals surface area contributed by atoms with Crippen molar-refractivity contribution in [2.75, 3.05) is 25.5 Å². The first-order valence-corrected chi connectivity index (χ1v) is 7.20. The Morgan fingerprint density at radius 1 is 1.00 bits per heavy atom. The Morgan fingerprint density at radius 3 is 2.30 bits per heavy atom. The molecule has 0 aliphatic heterocycles. The molecule has 0 amide bonds. The van der Waals surface area contributed by atoms with E-state index in [1.807, 2.05) is 0 Å². The van der Waals surface area contributed by atoms with Gasteiger partial charge in [-0.15, -0.1) is 0 Å². The molecular formula is C18H24N2. The van der Waals surface area contributed by atoms with Crippen molar-refractivity contribution in [3.8, 4) is 11.1 Å². The molecule has 0 spiro atoms. The van der Waals surface area contributed by atoms with Crippen LogP contribution in [0.25, 0.3) is 11.1 Å². The average Bonchev–Trinajstić information content (AvgIpc) is 2.46. The Bertz CT molecular complexity index is 556. The summed E-state index contributed by atoms with van der Waals surface area (Å²) in [5.74, 6) is 0. The first-order chi connectivity index (χ1) is 9.61. The van der Waals surface area contributed by atoms with E-state index < -0.39 is 0 Å². The van der Waals surface area contributed by atoms with Gasteiger partial charge in [-0.05, 0) is 53.9 Å². The summed E-state index contributed by atoms with van der Waals surface area (Å²) < 4.78 is 0. The quantitative estimate of drug-likeness (QED) is 0.886. The summed E-state index contributed by atoms with van der Waals surface area (Å²) in [5, 5.41) is 3.38. The Balaban J connectivity index is 2.30. The average molecular weight is 268 g/mol. The van der Waals surface area contributed by atoms with Gasteiger partial charge in [0.15, 0.2) is 0 Å². The summed E-state index contributed by atoms with van der Waals surface area (Å²) in [6.07, 6.45) is 0. The van der Waals surface area contributed by atoms with E-state index >= 15 is 0 Å². The highest BCUT2D eigenvalue weighted by atomic mass is 15.1. The molecular weight excluding hydrogens is 244 g/mol. The first-order valence-electron chi connectivity index (χ1n) is 7.20. The Labute approximate surface area is 122 Å². The summed E-state index contributed by atoms with van der Waals surface area (Å²) in [7, 11) is 4.13. The van der Waals surface area contributed by atoms with Crippen LogP contribution in [-0.2, 0) is 6.54 Å². The second-order valence-corrected chi connectivity index (χ2v) is 5.37. The first kappa shape index (κ1) is 14.6. The molecule has 0 bridgehead atoms. The van der Waals surface area contributed by atoms with Crippen LogP contribution in [-0.4, -0.2) is 20.6 Å². The molecule has 20 heavy (non-hydrogen) atoms. The fourth-order valence-corrected chi connectivity index (χ4v) is 2.30. The van der Waals surface area contributed by atoms with Crippen LogP contribution >= 0.6 is 0 Å². The van der Waals surface area contributed by atoms with Crippen molar-refractivity contribution in [2.24, 2.45) is 0 Å². The predicted octanol–water partition coefficient (Wildman–Crippen LogP) is 3.84. The number of hydrogen-bond acceptors (Lipinski definition) is 2. The van der Waals surface area contributed by atoms with Gasteiger partial charge >= 0.3 is 0 Å². The van der Waals surface area contributed by atoms with Gasteiger partial charge in [0, 0.05) is 26.3 Å². The second kappa shape index (κ2) is 6.58. The van der Waals surface area contributed by atoms with E-state index in [0.29, 0.717) is 0 Å². The second-order valence-electron chi connectivity index (χ2n) is 5.37. The minimum atomic E-state index is 0.930. The Hall–Kier alpha value is -1.80. The lowest BCUT2D eigenvalue weighted by Crippen LogP contribution is -2.11. The van der Waals surface area contributed by atoms with Gasteiger partial charge in [-0.3, -0.25) is 0 Å². The zero-order valence-electron chi connectivity index (χ0n) is 12.9. The van der Waals surface area contributed by atoms with Gasteiger partial charge < -0.3 is 10.2 Å². The molecule has 2 rings (SSSR count). The van der Waals surface area contributed by atoms with Crippen LogP contribution in [0, 0.1) is 6.92 Å². The van der Waals surface area contributed by atoms with Gasteiger partial charge in [-0.2, -0.15) is 0 Å². The molecule has 0 atom stereocenters. The molecule has 2 heteroatoms. The molecule has 0 radical (unpaired) electrons. The third-order valence-electron chi connectivity index (χ3n) is 3.58. The van der Waals surface area contributed by atoms with E-state index in [1.165, 1.54) is 27.9 Å². The fraction of sp³-hybridized carbons (Fsp3) is 0.333. The molecule has 0 fully saturated rings. The van der Waals surface area contributed by atoms with E-state index in [-0.39, 0.29) is 0 Å². The van der Waals surface area contributed by atoms with Crippen molar-refractivity contribution in [3.63, 3.8) is 0 Å². The number of benzene rings is 2. The molecule has 2 aromatic carbocycles. The maximum atomic E-state index is 3.38. The zero-order chi connectivity index (χ0) is 14.5. The normalized spacial score (nSPS) is 10.6. The number of nitrogens with zero attached hydrogens (tertiary/aromatic N) is 1. The van der Waals surface area contributed by atoms with Crippen LogP contribution in [0.4, 0.5) is 5.69 Å². The maximum absolute atomic E-state index is 3.38. The van der Waals surface area contributed by atoms with Gasteiger partial charge in [-0.25, -0.2) is 0 Å². The summed E-state index contributed by atoms with van der Waals surface area (Å²) in [4.78, 5) is 2.12. The highest BCUT2D eigenvalue weighted by molar-refractivity contribution is 5.70. The van der Waals surface area contributed by atoms with Crippen molar-refractivity contribution in [1.82, 2.24) is 5.32 Å². The van der Waals surface area contributed by atoms with Crippen molar-refractivity contribution in [2.45, 2.75) is 20.4 Å². The highest BCUT2D eigenvalue weighted by Crippen LogP contribution is 2.26. The molecule has 1 N–H and O–H groups in total. The van der Waals surface area contributed by atoms with Crippen molar-refractivity contribution in [1.29, 1.82) is 0 Å². The molecule has 0 saturated heterocycles.